The zero-order valence-corrected chi connectivity index (χ0v) is 19.6. The maximum Gasteiger partial charge on any atom is -0.0140 e. The van der Waals surface area contributed by atoms with Gasteiger partial charge in [0.05, 0.1) is 0 Å². The number of fused-ring (bicyclic) bond motifs is 5. The summed E-state index contributed by atoms with van der Waals surface area (Å²) in [5, 5.41) is 0. The topological polar surface area (TPSA) is 0 Å². The van der Waals surface area contributed by atoms with Gasteiger partial charge >= 0.3 is 0 Å². The highest BCUT2D eigenvalue weighted by Crippen LogP contribution is 2.66. The second-order valence-corrected chi connectivity index (χ2v) is 12.2. The molecule has 2 saturated carbocycles. The Morgan fingerprint density at radius 3 is 2.39 bits per heavy atom. The minimum atomic E-state index is 0.552. The van der Waals surface area contributed by atoms with Crippen LogP contribution in [0.3, 0.4) is 0 Å². The van der Waals surface area contributed by atoms with Crippen molar-refractivity contribution >= 4 is 0 Å². The third-order valence-corrected chi connectivity index (χ3v) is 10.6. The first-order chi connectivity index (χ1) is 13.3. The van der Waals surface area contributed by atoms with Gasteiger partial charge in [0.15, 0.2) is 0 Å². The molecule has 0 aromatic rings. The summed E-state index contributed by atoms with van der Waals surface area (Å²) >= 11 is 0. The van der Waals surface area contributed by atoms with E-state index in [-0.39, 0.29) is 0 Å². The van der Waals surface area contributed by atoms with Gasteiger partial charge in [-0.1, -0.05) is 78.2 Å². The summed E-state index contributed by atoms with van der Waals surface area (Å²) in [6, 6.07) is 0. The Bertz CT molecular complexity index is 624. The quantitative estimate of drug-likeness (QED) is 0.418. The molecule has 0 aliphatic heterocycles. The molecule has 28 heavy (non-hydrogen) atoms. The Kier molecular flexibility index (Phi) is 5.65. The van der Waals surface area contributed by atoms with E-state index in [2.05, 4.69) is 59.8 Å². The molecule has 4 aliphatic carbocycles. The van der Waals surface area contributed by atoms with Crippen molar-refractivity contribution < 1.29 is 0 Å². The highest BCUT2D eigenvalue weighted by atomic mass is 14.6. The standard InChI is InChI=1S/C28H46/c1-19(2)20(3)10-11-21(4)24-14-15-25-23-13-12-22-9-7-8-17-27(22,5)26(23)16-18-28(24,25)6/h7-8,13,19-22,24-26H,9-12,14-18H2,1-6H3. The van der Waals surface area contributed by atoms with Crippen LogP contribution in [0.5, 0.6) is 0 Å². The van der Waals surface area contributed by atoms with Gasteiger partial charge in [0, 0.05) is 0 Å². The van der Waals surface area contributed by atoms with Crippen molar-refractivity contribution in [1.82, 2.24) is 0 Å². The van der Waals surface area contributed by atoms with Crippen LogP contribution in [0.2, 0.25) is 0 Å². The second kappa shape index (κ2) is 7.63. The van der Waals surface area contributed by atoms with Crippen LogP contribution in [-0.2, 0) is 0 Å². The van der Waals surface area contributed by atoms with Crippen molar-refractivity contribution in [3.8, 4) is 0 Å². The van der Waals surface area contributed by atoms with E-state index < -0.39 is 0 Å². The van der Waals surface area contributed by atoms with E-state index >= 15 is 0 Å². The molecule has 0 amide bonds. The van der Waals surface area contributed by atoms with E-state index in [1.807, 2.05) is 5.57 Å². The Labute approximate surface area is 175 Å². The zero-order valence-electron chi connectivity index (χ0n) is 19.6. The molecule has 158 valence electrons. The summed E-state index contributed by atoms with van der Waals surface area (Å²) in [6.07, 6.45) is 20.5. The molecular weight excluding hydrogens is 336 g/mol. The smallest absolute Gasteiger partial charge is 0.0140 e. The van der Waals surface area contributed by atoms with Gasteiger partial charge in [-0.3, -0.25) is 0 Å². The average Bonchev–Trinajstić information content (AvgIpc) is 3.02. The lowest BCUT2D eigenvalue weighted by molar-refractivity contribution is 0.0118. The Hall–Kier alpha value is -0.520. The highest BCUT2D eigenvalue weighted by molar-refractivity contribution is 5.28. The molecule has 0 aromatic heterocycles. The lowest BCUT2D eigenvalue weighted by Crippen LogP contribution is -2.47. The maximum absolute atomic E-state index is 2.76. The molecule has 0 saturated heterocycles. The Morgan fingerprint density at radius 2 is 1.64 bits per heavy atom. The number of hydrogen-bond donors (Lipinski definition) is 0. The fourth-order valence-electron chi connectivity index (χ4n) is 8.13. The van der Waals surface area contributed by atoms with Crippen molar-refractivity contribution in [2.45, 2.75) is 99.3 Å². The first-order valence-corrected chi connectivity index (χ1v) is 12.6. The normalized spacial score (nSPS) is 44.5. The molecule has 2 fully saturated rings. The van der Waals surface area contributed by atoms with Crippen LogP contribution in [0.4, 0.5) is 0 Å². The minimum absolute atomic E-state index is 0.552. The Morgan fingerprint density at radius 1 is 0.893 bits per heavy atom. The molecule has 0 heterocycles. The summed E-state index contributed by atoms with van der Waals surface area (Å²) in [6.45, 7) is 15.2. The summed E-state index contributed by atoms with van der Waals surface area (Å²) in [4.78, 5) is 0. The van der Waals surface area contributed by atoms with Gasteiger partial charge in [-0.25, -0.2) is 0 Å². The lowest BCUT2D eigenvalue weighted by atomic mass is 9.48. The van der Waals surface area contributed by atoms with E-state index in [1.165, 1.54) is 57.8 Å². The highest BCUT2D eigenvalue weighted by Gasteiger charge is 2.57. The Balaban J connectivity index is 1.50. The molecule has 0 nitrogen and oxygen atoms in total. The molecule has 8 unspecified atom stereocenters. The predicted octanol–water partition coefficient (Wildman–Crippen LogP) is 8.44. The maximum atomic E-state index is 2.76. The van der Waals surface area contributed by atoms with E-state index in [1.54, 1.807) is 0 Å². The van der Waals surface area contributed by atoms with Crippen molar-refractivity contribution in [2.24, 2.45) is 52.3 Å². The van der Waals surface area contributed by atoms with Gasteiger partial charge in [-0.2, -0.15) is 0 Å². The first-order valence-electron chi connectivity index (χ1n) is 12.6. The van der Waals surface area contributed by atoms with Gasteiger partial charge in [0.2, 0.25) is 0 Å². The zero-order chi connectivity index (χ0) is 20.1. The molecule has 0 N–H and O–H groups in total. The van der Waals surface area contributed by atoms with Crippen LogP contribution in [-0.4, -0.2) is 0 Å². The van der Waals surface area contributed by atoms with Crippen LogP contribution in [0, 0.1) is 52.3 Å². The monoisotopic (exact) mass is 382 g/mol. The minimum Gasteiger partial charge on any atom is -0.0882 e. The van der Waals surface area contributed by atoms with Crippen LogP contribution in [0.25, 0.3) is 0 Å². The summed E-state index contributed by atoms with van der Waals surface area (Å²) in [5.74, 6) is 6.24. The molecule has 4 aliphatic rings. The average molecular weight is 383 g/mol. The van der Waals surface area contributed by atoms with E-state index in [0.29, 0.717) is 10.8 Å². The first kappa shape index (κ1) is 20.7. The fraction of sp³-hybridized carbons (Fsp3) is 0.857. The number of hydrogen-bond acceptors (Lipinski definition) is 0. The van der Waals surface area contributed by atoms with Crippen molar-refractivity contribution in [2.75, 3.05) is 0 Å². The van der Waals surface area contributed by atoms with Gasteiger partial charge in [0.25, 0.3) is 0 Å². The molecule has 4 rings (SSSR count). The van der Waals surface area contributed by atoms with Crippen molar-refractivity contribution in [1.29, 1.82) is 0 Å². The van der Waals surface area contributed by atoms with Crippen LogP contribution < -0.4 is 0 Å². The van der Waals surface area contributed by atoms with Crippen molar-refractivity contribution in [3.05, 3.63) is 23.8 Å². The van der Waals surface area contributed by atoms with Gasteiger partial charge in [-0.05, 0) is 97.2 Å². The summed E-state index contributed by atoms with van der Waals surface area (Å²) in [5.41, 5.74) is 3.06. The summed E-state index contributed by atoms with van der Waals surface area (Å²) in [7, 11) is 0. The van der Waals surface area contributed by atoms with Gasteiger partial charge < -0.3 is 0 Å². The second-order valence-electron chi connectivity index (χ2n) is 12.2. The van der Waals surface area contributed by atoms with Crippen LogP contribution in [0.1, 0.15) is 99.3 Å². The van der Waals surface area contributed by atoms with Crippen LogP contribution in [0.15, 0.2) is 23.8 Å². The largest absolute Gasteiger partial charge is 0.0882 e. The molecular formula is C28H46. The third kappa shape index (κ3) is 3.26. The molecule has 0 spiro atoms. The predicted molar refractivity (Wildman–Crippen MR) is 122 cm³/mol. The van der Waals surface area contributed by atoms with E-state index in [0.717, 1.165) is 41.4 Å². The molecule has 0 radical (unpaired) electrons. The third-order valence-electron chi connectivity index (χ3n) is 10.6. The lowest BCUT2D eigenvalue weighted by Gasteiger charge is -2.56. The summed E-state index contributed by atoms with van der Waals surface area (Å²) < 4.78 is 0. The fourth-order valence-corrected chi connectivity index (χ4v) is 8.13. The number of allylic oxidation sites excluding steroid dienone is 4. The molecule has 0 aromatic carbocycles. The van der Waals surface area contributed by atoms with E-state index in [4.69, 9.17) is 0 Å². The molecule has 8 atom stereocenters. The molecule has 0 bridgehead atoms. The van der Waals surface area contributed by atoms with Gasteiger partial charge in [0.1, 0.15) is 0 Å². The van der Waals surface area contributed by atoms with E-state index in [9.17, 15) is 0 Å². The number of rotatable bonds is 5. The van der Waals surface area contributed by atoms with Crippen LogP contribution >= 0.6 is 0 Å². The SMILES string of the molecule is CC(C)C(C)CCC(C)C1CCC2C3=CCC4CC=CCC4(C)C3CCC21C. The van der Waals surface area contributed by atoms with Crippen molar-refractivity contribution in [3.63, 3.8) is 0 Å². The molecule has 0 heteroatoms. The van der Waals surface area contributed by atoms with Gasteiger partial charge in [-0.15, -0.1) is 0 Å².